The molecule has 1 aromatic heterocycles. The van der Waals surface area contributed by atoms with E-state index in [1.165, 1.54) is 0 Å². The van der Waals surface area contributed by atoms with Gasteiger partial charge in [-0.2, -0.15) is 0 Å². The average Bonchev–Trinajstić information content (AvgIpc) is 2.32. The molecule has 0 aliphatic carbocycles. The van der Waals surface area contributed by atoms with Gasteiger partial charge in [-0.15, -0.1) is 0 Å². The maximum absolute atomic E-state index is 11.6. The number of rotatable bonds is 3. The number of nitrogens with zero attached hydrogens (tertiary/aromatic N) is 2. The molecule has 4 N–H and O–H groups in total. The fourth-order valence-corrected chi connectivity index (χ4v) is 1.76. The summed E-state index contributed by atoms with van der Waals surface area (Å²) in [5.41, 5.74) is 5.65. The first-order valence-electron chi connectivity index (χ1n) is 5.82. The summed E-state index contributed by atoms with van der Waals surface area (Å²) in [6.07, 6.45) is 1.44. The minimum Gasteiger partial charge on any atom is -0.384 e. The second kappa shape index (κ2) is 4.99. The Morgan fingerprint density at radius 3 is 2.94 bits per heavy atom. The zero-order chi connectivity index (χ0) is 13.1. The van der Waals surface area contributed by atoms with Crippen LogP contribution in [0.4, 0.5) is 11.6 Å². The number of nitrogens with one attached hydrogen (secondary N) is 2. The molecule has 0 bridgehead atoms. The molecule has 0 radical (unpaired) electrons. The molecule has 1 atom stereocenters. The fourth-order valence-electron chi connectivity index (χ4n) is 1.76. The molecule has 7 nitrogen and oxygen atoms in total. The van der Waals surface area contributed by atoms with Gasteiger partial charge < -0.3 is 11.1 Å². The largest absolute Gasteiger partial charge is 0.384 e. The van der Waals surface area contributed by atoms with Crippen LogP contribution in [0.3, 0.4) is 0 Å². The number of nitrogen functional groups attached to an aromatic ring is 1. The Morgan fingerprint density at radius 1 is 1.50 bits per heavy atom. The van der Waals surface area contributed by atoms with Crippen LogP contribution in [0.5, 0.6) is 0 Å². The number of carbonyl (C=O) groups excluding carboxylic acids is 2. The summed E-state index contributed by atoms with van der Waals surface area (Å²) in [7, 11) is 0. The Balaban J connectivity index is 2.11. The number of nitrogens with two attached hydrogens (primary N) is 1. The first-order chi connectivity index (χ1) is 8.58. The monoisotopic (exact) mass is 249 g/mol. The van der Waals surface area contributed by atoms with Crippen LogP contribution >= 0.6 is 0 Å². The van der Waals surface area contributed by atoms with Crippen LogP contribution in [0.15, 0.2) is 6.07 Å². The second-order valence-corrected chi connectivity index (χ2v) is 4.10. The van der Waals surface area contributed by atoms with Gasteiger partial charge in [0.15, 0.2) is 0 Å². The van der Waals surface area contributed by atoms with Crippen LogP contribution < -0.4 is 16.4 Å². The summed E-state index contributed by atoms with van der Waals surface area (Å²) >= 11 is 0. The number of hydrogen-bond donors (Lipinski definition) is 3. The lowest BCUT2D eigenvalue weighted by molar-refractivity contribution is -0.133. The molecule has 7 heteroatoms. The van der Waals surface area contributed by atoms with E-state index in [0.29, 0.717) is 36.7 Å². The van der Waals surface area contributed by atoms with Crippen molar-refractivity contribution in [2.75, 3.05) is 11.1 Å². The van der Waals surface area contributed by atoms with Crippen molar-refractivity contribution in [2.24, 2.45) is 0 Å². The number of anilines is 2. The van der Waals surface area contributed by atoms with Crippen molar-refractivity contribution < 1.29 is 9.59 Å². The van der Waals surface area contributed by atoms with E-state index < -0.39 is 6.04 Å². The molecular formula is C11H15N5O2. The zero-order valence-electron chi connectivity index (χ0n) is 10.1. The van der Waals surface area contributed by atoms with Crippen molar-refractivity contribution in [3.8, 4) is 0 Å². The quantitative estimate of drug-likeness (QED) is 0.642. The lowest BCUT2D eigenvalue weighted by atomic mass is 10.1. The molecule has 1 unspecified atom stereocenters. The predicted octanol–water partition coefficient (Wildman–Crippen LogP) is -0.162. The summed E-state index contributed by atoms with van der Waals surface area (Å²) in [6.45, 7) is 1.92. The van der Waals surface area contributed by atoms with E-state index in [9.17, 15) is 9.59 Å². The molecule has 0 spiro atoms. The average molecular weight is 249 g/mol. The SMILES string of the molecule is CCc1nc(N)cc(NC2CCC(=O)NC2=O)n1. The summed E-state index contributed by atoms with van der Waals surface area (Å²) in [6, 6.07) is 1.12. The van der Waals surface area contributed by atoms with Crippen molar-refractivity contribution in [1.29, 1.82) is 0 Å². The van der Waals surface area contributed by atoms with Gasteiger partial charge in [-0.3, -0.25) is 14.9 Å². The Morgan fingerprint density at radius 2 is 2.28 bits per heavy atom. The molecular weight excluding hydrogens is 234 g/mol. The highest BCUT2D eigenvalue weighted by Crippen LogP contribution is 2.14. The van der Waals surface area contributed by atoms with Crippen molar-refractivity contribution in [2.45, 2.75) is 32.2 Å². The molecule has 1 saturated heterocycles. The molecule has 1 fully saturated rings. The summed E-state index contributed by atoms with van der Waals surface area (Å²) in [4.78, 5) is 30.9. The minimum absolute atomic E-state index is 0.241. The molecule has 2 amide bonds. The number of aromatic nitrogens is 2. The lowest BCUT2D eigenvalue weighted by Crippen LogP contribution is -2.47. The Labute approximate surface area is 104 Å². The first kappa shape index (κ1) is 12.3. The third-order valence-corrected chi connectivity index (χ3v) is 2.67. The number of amides is 2. The molecule has 1 aromatic rings. The van der Waals surface area contributed by atoms with Crippen LogP contribution in [0.25, 0.3) is 0 Å². The normalized spacial score (nSPS) is 19.5. The highest BCUT2D eigenvalue weighted by Gasteiger charge is 2.26. The van der Waals surface area contributed by atoms with Gasteiger partial charge in [0.25, 0.3) is 0 Å². The molecule has 0 saturated carbocycles. The van der Waals surface area contributed by atoms with Gasteiger partial charge in [0.2, 0.25) is 11.8 Å². The third-order valence-electron chi connectivity index (χ3n) is 2.67. The molecule has 2 rings (SSSR count). The van der Waals surface area contributed by atoms with E-state index in [1.54, 1.807) is 6.07 Å². The summed E-state index contributed by atoms with van der Waals surface area (Å²) in [5, 5.41) is 5.25. The van der Waals surface area contributed by atoms with Crippen molar-refractivity contribution in [3.05, 3.63) is 11.9 Å². The van der Waals surface area contributed by atoms with Gasteiger partial charge in [0.05, 0.1) is 0 Å². The van der Waals surface area contributed by atoms with E-state index >= 15 is 0 Å². The highest BCUT2D eigenvalue weighted by atomic mass is 16.2. The smallest absolute Gasteiger partial charge is 0.249 e. The third kappa shape index (κ3) is 2.73. The van der Waals surface area contributed by atoms with Crippen LogP contribution in [-0.2, 0) is 16.0 Å². The highest BCUT2D eigenvalue weighted by molar-refractivity contribution is 6.01. The van der Waals surface area contributed by atoms with Crippen LogP contribution in [0.1, 0.15) is 25.6 Å². The van der Waals surface area contributed by atoms with Gasteiger partial charge in [0, 0.05) is 18.9 Å². The first-order valence-corrected chi connectivity index (χ1v) is 5.82. The van der Waals surface area contributed by atoms with E-state index in [1.807, 2.05) is 6.92 Å². The number of imide groups is 1. The topological polar surface area (TPSA) is 110 Å². The Kier molecular flexibility index (Phi) is 3.40. The van der Waals surface area contributed by atoms with E-state index in [2.05, 4.69) is 20.6 Å². The molecule has 0 aromatic carbocycles. The zero-order valence-corrected chi connectivity index (χ0v) is 10.1. The number of piperidine rings is 1. The van der Waals surface area contributed by atoms with Gasteiger partial charge in [0.1, 0.15) is 23.5 Å². The fraction of sp³-hybridized carbons (Fsp3) is 0.455. The number of carbonyl (C=O) groups is 2. The van der Waals surface area contributed by atoms with Gasteiger partial charge >= 0.3 is 0 Å². The lowest BCUT2D eigenvalue weighted by Gasteiger charge is -2.22. The van der Waals surface area contributed by atoms with E-state index in [-0.39, 0.29) is 11.8 Å². The van der Waals surface area contributed by atoms with Crippen molar-refractivity contribution in [3.63, 3.8) is 0 Å². The number of hydrogen-bond acceptors (Lipinski definition) is 6. The van der Waals surface area contributed by atoms with Crippen LogP contribution in [0.2, 0.25) is 0 Å². The Hall–Kier alpha value is -2.18. The molecule has 2 heterocycles. The molecule has 1 aliphatic heterocycles. The summed E-state index contributed by atoms with van der Waals surface area (Å²) in [5.74, 6) is 0.909. The second-order valence-electron chi connectivity index (χ2n) is 4.10. The van der Waals surface area contributed by atoms with E-state index in [4.69, 9.17) is 5.73 Å². The standard InChI is InChI=1S/C11H15N5O2/c1-2-8-14-7(12)5-9(15-8)13-6-3-4-10(17)16-11(6)18/h5-6H,2-4H2,1H3,(H,16,17,18)(H3,12,13,14,15). The molecule has 96 valence electrons. The Bertz CT molecular complexity index is 488. The molecule has 18 heavy (non-hydrogen) atoms. The van der Waals surface area contributed by atoms with E-state index in [0.717, 1.165) is 0 Å². The van der Waals surface area contributed by atoms with Gasteiger partial charge in [-0.25, -0.2) is 9.97 Å². The predicted molar refractivity (Wildman–Crippen MR) is 65.6 cm³/mol. The minimum atomic E-state index is -0.457. The maximum Gasteiger partial charge on any atom is 0.249 e. The summed E-state index contributed by atoms with van der Waals surface area (Å²) < 4.78 is 0. The van der Waals surface area contributed by atoms with Crippen LogP contribution in [0, 0.1) is 0 Å². The molecule has 1 aliphatic rings. The van der Waals surface area contributed by atoms with Crippen molar-refractivity contribution in [1.82, 2.24) is 15.3 Å². The number of aryl methyl sites for hydroxylation is 1. The van der Waals surface area contributed by atoms with Gasteiger partial charge in [-0.1, -0.05) is 6.92 Å². The van der Waals surface area contributed by atoms with Crippen LogP contribution in [-0.4, -0.2) is 27.8 Å². The van der Waals surface area contributed by atoms with Crippen molar-refractivity contribution >= 4 is 23.5 Å². The van der Waals surface area contributed by atoms with Gasteiger partial charge in [-0.05, 0) is 6.42 Å². The maximum atomic E-state index is 11.6.